The fraction of sp³-hybridized carbons (Fsp3) is 0.471. The van der Waals surface area contributed by atoms with E-state index in [4.69, 9.17) is 4.74 Å². The second kappa shape index (κ2) is 6.90. The number of nitrogens with zero attached hydrogens (tertiary/aromatic N) is 2. The van der Waals surface area contributed by atoms with E-state index in [0.29, 0.717) is 24.3 Å². The minimum Gasteiger partial charge on any atom is -0.465 e. The predicted molar refractivity (Wildman–Crippen MR) is 87.9 cm³/mol. The number of carbonyl (C=O) groups is 3. The molecule has 7 heteroatoms. The van der Waals surface area contributed by atoms with Gasteiger partial charge in [-0.3, -0.25) is 9.69 Å². The van der Waals surface area contributed by atoms with Crippen molar-refractivity contribution in [2.75, 3.05) is 31.6 Å². The highest BCUT2D eigenvalue weighted by Crippen LogP contribution is 2.20. The lowest BCUT2D eigenvalue weighted by Gasteiger charge is -2.35. The predicted octanol–water partition coefficient (Wildman–Crippen LogP) is 2.06. The number of amides is 2. The lowest BCUT2D eigenvalue weighted by Crippen LogP contribution is -2.53. The molecule has 1 aliphatic rings. The first-order valence-electron chi connectivity index (χ1n) is 7.68. The van der Waals surface area contributed by atoms with Gasteiger partial charge in [-0.15, -0.1) is 0 Å². The van der Waals surface area contributed by atoms with Crippen LogP contribution >= 0.6 is 0 Å². The molecule has 0 bridgehead atoms. The molecule has 1 heterocycles. The Kier molecular flexibility index (Phi) is 5.11. The van der Waals surface area contributed by atoms with Crippen molar-refractivity contribution in [2.45, 2.75) is 26.4 Å². The normalized spacial score (nSPS) is 15.2. The highest BCUT2D eigenvalue weighted by Gasteiger charge is 2.31. The van der Waals surface area contributed by atoms with E-state index in [0.717, 1.165) is 0 Å². The lowest BCUT2D eigenvalue weighted by molar-refractivity contribution is -0.121. The summed E-state index contributed by atoms with van der Waals surface area (Å²) in [5.41, 5.74) is 0.371. The molecule has 1 fully saturated rings. The Labute approximate surface area is 141 Å². The molecule has 24 heavy (non-hydrogen) atoms. The molecule has 7 nitrogen and oxygen atoms in total. The van der Waals surface area contributed by atoms with Crippen molar-refractivity contribution in [3.63, 3.8) is 0 Å². The van der Waals surface area contributed by atoms with E-state index in [9.17, 15) is 14.4 Å². The Morgan fingerprint density at radius 3 is 2.46 bits per heavy atom. The Morgan fingerprint density at radius 1 is 1.17 bits per heavy atom. The maximum absolute atomic E-state index is 12.4. The topological polar surface area (TPSA) is 76.2 Å². The molecule has 1 aromatic rings. The summed E-state index contributed by atoms with van der Waals surface area (Å²) in [6.45, 7) is 5.98. The molecule has 0 saturated carbocycles. The molecule has 1 aromatic carbocycles. The molecule has 0 aromatic heterocycles. The molecule has 2 rings (SSSR count). The van der Waals surface area contributed by atoms with E-state index in [2.05, 4.69) is 4.74 Å². The minimum absolute atomic E-state index is 0.0582. The van der Waals surface area contributed by atoms with Crippen LogP contribution in [0.25, 0.3) is 0 Å². The van der Waals surface area contributed by atoms with Crippen LogP contribution in [-0.2, 0) is 14.3 Å². The number of benzene rings is 1. The van der Waals surface area contributed by atoms with Gasteiger partial charge in [0.25, 0.3) is 0 Å². The lowest BCUT2D eigenvalue weighted by atomic mass is 10.1. The number of hydrogen-bond acceptors (Lipinski definition) is 5. The van der Waals surface area contributed by atoms with Gasteiger partial charge in [-0.25, -0.2) is 9.59 Å². The van der Waals surface area contributed by atoms with Gasteiger partial charge in [-0.2, -0.15) is 0 Å². The van der Waals surface area contributed by atoms with Gasteiger partial charge in [0.1, 0.15) is 12.1 Å². The molecule has 1 saturated heterocycles. The Morgan fingerprint density at radius 2 is 1.88 bits per heavy atom. The number of carbonyl (C=O) groups excluding carboxylic acids is 3. The average molecular weight is 334 g/mol. The van der Waals surface area contributed by atoms with Crippen molar-refractivity contribution in [3.8, 4) is 0 Å². The van der Waals surface area contributed by atoms with Crippen LogP contribution < -0.4 is 4.90 Å². The van der Waals surface area contributed by atoms with E-state index >= 15 is 0 Å². The zero-order chi connectivity index (χ0) is 17.9. The van der Waals surface area contributed by atoms with Crippen molar-refractivity contribution in [3.05, 3.63) is 29.8 Å². The number of ether oxygens (including phenoxy) is 2. The monoisotopic (exact) mass is 334 g/mol. The Balaban J connectivity index is 2.08. The number of esters is 1. The molecule has 0 N–H and O–H groups in total. The van der Waals surface area contributed by atoms with Gasteiger partial charge >= 0.3 is 12.1 Å². The van der Waals surface area contributed by atoms with Crippen LogP contribution in [0.3, 0.4) is 0 Å². The minimum atomic E-state index is -0.605. The summed E-state index contributed by atoms with van der Waals surface area (Å²) in [5, 5.41) is 0. The van der Waals surface area contributed by atoms with Crippen molar-refractivity contribution < 1.29 is 23.9 Å². The van der Waals surface area contributed by atoms with Gasteiger partial charge in [-0.1, -0.05) is 6.07 Å². The summed E-state index contributed by atoms with van der Waals surface area (Å²) in [4.78, 5) is 39.0. The van der Waals surface area contributed by atoms with Gasteiger partial charge in [0, 0.05) is 18.8 Å². The molecule has 0 atom stereocenters. The molecule has 130 valence electrons. The van der Waals surface area contributed by atoms with E-state index < -0.39 is 17.7 Å². The van der Waals surface area contributed by atoms with Crippen molar-refractivity contribution in [1.29, 1.82) is 0 Å². The summed E-state index contributed by atoms with van der Waals surface area (Å²) in [7, 11) is 1.31. The summed E-state index contributed by atoms with van der Waals surface area (Å²) < 4.78 is 9.98. The number of anilines is 1. The van der Waals surface area contributed by atoms with Crippen LogP contribution in [-0.4, -0.2) is 55.2 Å². The first-order valence-corrected chi connectivity index (χ1v) is 7.68. The molecule has 2 amide bonds. The van der Waals surface area contributed by atoms with Gasteiger partial charge < -0.3 is 14.4 Å². The summed E-state index contributed by atoms with van der Waals surface area (Å²) in [6, 6.07) is 6.66. The summed E-state index contributed by atoms with van der Waals surface area (Å²) >= 11 is 0. The molecule has 0 radical (unpaired) electrons. The van der Waals surface area contributed by atoms with Crippen LogP contribution in [0, 0.1) is 0 Å². The van der Waals surface area contributed by atoms with Crippen LogP contribution in [0.4, 0.5) is 10.5 Å². The zero-order valence-electron chi connectivity index (χ0n) is 14.4. The van der Waals surface area contributed by atoms with Gasteiger partial charge in [-0.05, 0) is 39.0 Å². The average Bonchev–Trinajstić information content (AvgIpc) is 2.52. The molecule has 1 aliphatic heterocycles. The van der Waals surface area contributed by atoms with E-state index in [1.54, 1.807) is 49.9 Å². The maximum atomic E-state index is 12.4. The first kappa shape index (κ1) is 17.8. The highest BCUT2D eigenvalue weighted by molar-refractivity contribution is 5.99. The van der Waals surface area contributed by atoms with Crippen LogP contribution in [0.1, 0.15) is 31.1 Å². The third-order valence-electron chi connectivity index (χ3n) is 3.45. The molecule has 0 unspecified atom stereocenters. The number of hydrogen-bond donors (Lipinski definition) is 0. The standard InChI is InChI=1S/C17H22N2O5/c1-17(2,3)24-16(22)18-8-9-19(14(20)11-18)13-7-5-6-12(10-13)15(21)23-4/h5-7,10H,8-9,11H2,1-4H3. The van der Waals surface area contributed by atoms with Crippen LogP contribution in [0.15, 0.2) is 24.3 Å². The van der Waals surface area contributed by atoms with Crippen molar-refractivity contribution in [1.82, 2.24) is 4.90 Å². The second-order valence-corrected chi connectivity index (χ2v) is 6.49. The SMILES string of the molecule is COC(=O)c1cccc(N2CCN(C(=O)OC(C)(C)C)CC2=O)c1. The molecular formula is C17H22N2O5. The Bertz CT molecular complexity index is 651. The smallest absolute Gasteiger partial charge is 0.410 e. The number of rotatable bonds is 2. The third kappa shape index (κ3) is 4.24. The van der Waals surface area contributed by atoms with Gasteiger partial charge in [0.05, 0.1) is 12.7 Å². The zero-order valence-corrected chi connectivity index (χ0v) is 14.4. The quantitative estimate of drug-likeness (QED) is 0.774. The van der Waals surface area contributed by atoms with Crippen molar-refractivity contribution >= 4 is 23.7 Å². The van der Waals surface area contributed by atoms with E-state index in [1.807, 2.05) is 0 Å². The number of methoxy groups -OCH3 is 1. The van der Waals surface area contributed by atoms with Crippen LogP contribution in [0.2, 0.25) is 0 Å². The van der Waals surface area contributed by atoms with Gasteiger partial charge in [0.15, 0.2) is 0 Å². The van der Waals surface area contributed by atoms with E-state index in [-0.39, 0.29) is 12.5 Å². The summed E-state index contributed by atoms with van der Waals surface area (Å²) in [5.74, 6) is -0.689. The summed E-state index contributed by atoms with van der Waals surface area (Å²) in [6.07, 6.45) is -0.501. The highest BCUT2D eigenvalue weighted by atomic mass is 16.6. The first-order chi connectivity index (χ1) is 11.2. The molecular weight excluding hydrogens is 312 g/mol. The maximum Gasteiger partial charge on any atom is 0.410 e. The Hall–Kier alpha value is -2.57. The van der Waals surface area contributed by atoms with Gasteiger partial charge in [0.2, 0.25) is 5.91 Å². The van der Waals surface area contributed by atoms with E-state index in [1.165, 1.54) is 12.0 Å². The fourth-order valence-electron chi connectivity index (χ4n) is 2.35. The fourth-order valence-corrected chi connectivity index (χ4v) is 2.35. The molecule has 0 aliphatic carbocycles. The second-order valence-electron chi connectivity index (χ2n) is 6.49. The third-order valence-corrected chi connectivity index (χ3v) is 3.45. The van der Waals surface area contributed by atoms with Crippen LogP contribution in [0.5, 0.6) is 0 Å². The van der Waals surface area contributed by atoms with Crippen molar-refractivity contribution in [2.24, 2.45) is 0 Å². The number of piperazine rings is 1. The molecule has 0 spiro atoms. The largest absolute Gasteiger partial charge is 0.465 e.